The molecule has 19 heavy (non-hydrogen) atoms. The number of nitrogens with two attached hydrogens (primary N) is 1. The van der Waals surface area contributed by atoms with Crippen molar-refractivity contribution in [2.45, 2.75) is 24.5 Å². The van der Waals surface area contributed by atoms with Crippen LogP contribution in [0.5, 0.6) is 0 Å². The summed E-state index contributed by atoms with van der Waals surface area (Å²) in [5.74, 6) is 0. The van der Waals surface area contributed by atoms with Gasteiger partial charge in [-0.15, -0.1) is 0 Å². The molecule has 0 aromatic heterocycles. The number of primary amides is 1. The lowest BCUT2D eigenvalue weighted by Crippen LogP contribution is -2.61. The fraction of sp³-hybridized carbons (Fsp3) is 0.417. The highest BCUT2D eigenvalue weighted by Gasteiger charge is 2.42. The third-order valence-corrected chi connectivity index (χ3v) is 3.00. The second kappa shape index (κ2) is 5.54. The highest BCUT2D eigenvalue weighted by atomic mass is 16.5. The number of rotatable bonds is 2. The number of amides is 2. The Kier molecular flexibility index (Phi) is 4.01. The maximum Gasteiger partial charge on any atom is 0.321 e. The highest BCUT2D eigenvalue weighted by molar-refractivity contribution is 5.91. The Bertz CT molecular complexity index is 441. The predicted molar refractivity (Wildman–Crippen MR) is 66.3 cm³/mol. The molecule has 7 nitrogen and oxygen atoms in total. The standard InChI is InChI=1S/C12H16N2O5/c13-12(18)14(7-4-2-1-3-5-7)11-10(17)9(16)8(15)6-19-11/h1-5,8-11,15-17H,6H2,(H2,13,18)/t8-,9+,10-,11-/m1/s1. The molecule has 0 bridgehead atoms. The Morgan fingerprint density at radius 2 is 1.84 bits per heavy atom. The van der Waals surface area contributed by atoms with Crippen molar-refractivity contribution in [1.82, 2.24) is 0 Å². The number of benzene rings is 1. The average Bonchev–Trinajstić information content (AvgIpc) is 2.40. The van der Waals surface area contributed by atoms with Gasteiger partial charge in [-0.2, -0.15) is 0 Å². The number of aliphatic hydroxyl groups is 3. The molecule has 4 atom stereocenters. The van der Waals surface area contributed by atoms with Gasteiger partial charge in [0.2, 0.25) is 0 Å². The first kappa shape index (κ1) is 13.8. The van der Waals surface area contributed by atoms with Gasteiger partial charge in [-0.25, -0.2) is 4.79 Å². The normalized spacial score (nSPS) is 30.9. The average molecular weight is 268 g/mol. The number of hydrogen-bond donors (Lipinski definition) is 4. The molecule has 1 heterocycles. The lowest BCUT2D eigenvalue weighted by Gasteiger charge is -2.40. The number of anilines is 1. The number of para-hydroxylation sites is 1. The van der Waals surface area contributed by atoms with Crippen LogP contribution in [0.15, 0.2) is 30.3 Å². The van der Waals surface area contributed by atoms with E-state index >= 15 is 0 Å². The maximum absolute atomic E-state index is 11.5. The van der Waals surface area contributed by atoms with Crippen LogP contribution in [-0.2, 0) is 4.74 Å². The Morgan fingerprint density at radius 1 is 1.21 bits per heavy atom. The molecule has 1 saturated heterocycles. The van der Waals surface area contributed by atoms with E-state index in [4.69, 9.17) is 10.5 Å². The summed E-state index contributed by atoms with van der Waals surface area (Å²) < 4.78 is 5.22. The molecular weight excluding hydrogens is 252 g/mol. The van der Waals surface area contributed by atoms with Gasteiger partial charge in [-0.3, -0.25) is 4.90 Å². The van der Waals surface area contributed by atoms with Gasteiger partial charge < -0.3 is 25.8 Å². The molecule has 2 rings (SSSR count). The third-order valence-electron chi connectivity index (χ3n) is 3.00. The van der Waals surface area contributed by atoms with Crippen LogP contribution in [0.4, 0.5) is 10.5 Å². The summed E-state index contributed by atoms with van der Waals surface area (Å²) >= 11 is 0. The van der Waals surface area contributed by atoms with Crippen molar-refractivity contribution < 1.29 is 24.9 Å². The van der Waals surface area contributed by atoms with Crippen LogP contribution in [0, 0.1) is 0 Å². The number of nitrogens with zero attached hydrogens (tertiary/aromatic N) is 1. The molecule has 0 radical (unpaired) electrons. The molecule has 0 aliphatic carbocycles. The maximum atomic E-state index is 11.5. The number of carbonyl (C=O) groups excluding carboxylic acids is 1. The molecule has 104 valence electrons. The molecular formula is C12H16N2O5. The fourth-order valence-corrected chi connectivity index (χ4v) is 2.01. The van der Waals surface area contributed by atoms with Crippen LogP contribution >= 0.6 is 0 Å². The van der Waals surface area contributed by atoms with E-state index in [0.29, 0.717) is 5.69 Å². The van der Waals surface area contributed by atoms with Gasteiger partial charge in [0, 0.05) is 5.69 Å². The topological polar surface area (TPSA) is 116 Å². The second-order valence-electron chi connectivity index (χ2n) is 4.32. The van der Waals surface area contributed by atoms with Crippen LogP contribution in [0.3, 0.4) is 0 Å². The van der Waals surface area contributed by atoms with Gasteiger partial charge in [0.1, 0.15) is 18.3 Å². The van der Waals surface area contributed by atoms with Crippen LogP contribution in [0.1, 0.15) is 0 Å². The summed E-state index contributed by atoms with van der Waals surface area (Å²) in [5, 5.41) is 28.9. The van der Waals surface area contributed by atoms with Crippen molar-refractivity contribution >= 4 is 11.7 Å². The summed E-state index contributed by atoms with van der Waals surface area (Å²) in [4.78, 5) is 12.6. The molecule has 2 amide bonds. The largest absolute Gasteiger partial charge is 0.388 e. The van der Waals surface area contributed by atoms with E-state index in [1.54, 1.807) is 30.3 Å². The fourth-order valence-electron chi connectivity index (χ4n) is 2.01. The van der Waals surface area contributed by atoms with Gasteiger partial charge in [0.25, 0.3) is 0 Å². The second-order valence-corrected chi connectivity index (χ2v) is 4.32. The number of carbonyl (C=O) groups is 1. The van der Waals surface area contributed by atoms with Crippen molar-refractivity contribution in [2.75, 3.05) is 11.5 Å². The molecule has 1 aliphatic heterocycles. The van der Waals surface area contributed by atoms with E-state index in [0.717, 1.165) is 4.90 Å². The molecule has 1 aromatic rings. The summed E-state index contributed by atoms with van der Waals surface area (Å²) in [6.45, 7) is -0.195. The Hall–Kier alpha value is -1.67. The highest BCUT2D eigenvalue weighted by Crippen LogP contribution is 2.24. The van der Waals surface area contributed by atoms with Crippen molar-refractivity contribution in [2.24, 2.45) is 5.73 Å². The van der Waals surface area contributed by atoms with Crippen LogP contribution < -0.4 is 10.6 Å². The van der Waals surface area contributed by atoms with Gasteiger partial charge in [-0.05, 0) is 12.1 Å². The van der Waals surface area contributed by atoms with Crippen molar-refractivity contribution in [3.05, 3.63) is 30.3 Å². The van der Waals surface area contributed by atoms with E-state index in [2.05, 4.69) is 0 Å². The lowest BCUT2D eigenvalue weighted by molar-refractivity contribution is -0.184. The number of ether oxygens (including phenoxy) is 1. The minimum atomic E-state index is -1.45. The molecule has 0 unspecified atom stereocenters. The summed E-state index contributed by atoms with van der Waals surface area (Å²) in [5.41, 5.74) is 5.73. The molecule has 5 N–H and O–H groups in total. The molecule has 1 fully saturated rings. The first-order chi connectivity index (χ1) is 9.02. The minimum Gasteiger partial charge on any atom is -0.388 e. The third kappa shape index (κ3) is 2.69. The molecule has 1 aromatic carbocycles. The summed E-state index contributed by atoms with van der Waals surface area (Å²) in [6.07, 6.45) is -5.18. The van der Waals surface area contributed by atoms with Gasteiger partial charge in [-0.1, -0.05) is 18.2 Å². The number of urea groups is 1. The van der Waals surface area contributed by atoms with Crippen LogP contribution in [0.25, 0.3) is 0 Å². The lowest BCUT2D eigenvalue weighted by atomic mass is 10.0. The van der Waals surface area contributed by atoms with E-state index < -0.39 is 30.6 Å². The van der Waals surface area contributed by atoms with Gasteiger partial charge in [0.15, 0.2) is 6.23 Å². The zero-order valence-corrected chi connectivity index (χ0v) is 10.1. The zero-order valence-electron chi connectivity index (χ0n) is 10.1. The summed E-state index contributed by atoms with van der Waals surface area (Å²) in [7, 11) is 0. The Balaban J connectivity index is 2.28. The summed E-state index contributed by atoms with van der Waals surface area (Å²) in [6, 6.07) is 7.59. The van der Waals surface area contributed by atoms with Crippen molar-refractivity contribution in [3.63, 3.8) is 0 Å². The predicted octanol–water partition coefficient (Wildman–Crippen LogP) is -0.989. The number of hydrogen-bond acceptors (Lipinski definition) is 5. The zero-order chi connectivity index (χ0) is 14.0. The first-order valence-corrected chi connectivity index (χ1v) is 5.82. The van der Waals surface area contributed by atoms with E-state index in [1.807, 2.05) is 0 Å². The smallest absolute Gasteiger partial charge is 0.321 e. The van der Waals surface area contributed by atoms with Gasteiger partial charge in [0.05, 0.1) is 6.61 Å². The monoisotopic (exact) mass is 268 g/mol. The molecule has 0 saturated carbocycles. The minimum absolute atomic E-state index is 0.195. The Morgan fingerprint density at radius 3 is 2.42 bits per heavy atom. The van der Waals surface area contributed by atoms with E-state index in [9.17, 15) is 20.1 Å². The van der Waals surface area contributed by atoms with Crippen LogP contribution in [-0.4, -0.2) is 52.5 Å². The molecule has 1 aliphatic rings. The molecule has 0 spiro atoms. The van der Waals surface area contributed by atoms with E-state index in [-0.39, 0.29) is 6.61 Å². The van der Waals surface area contributed by atoms with Gasteiger partial charge >= 0.3 is 6.03 Å². The SMILES string of the molecule is NC(=O)N(c1ccccc1)[C@@H]1OC[C@@H](O)[C@H](O)[C@H]1O. The first-order valence-electron chi connectivity index (χ1n) is 5.82. The Labute approximate surface area is 109 Å². The quantitative estimate of drug-likeness (QED) is 0.549. The number of aliphatic hydroxyl groups excluding tert-OH is 3. The van der Waals surface area contributed by atoms with Crippen LogP contribution in [0.2, 0.25) is 0 Å². The molecule has 7 heteroatoms. The van der Waals surface area contributed by atoms with Crippen molar-refractivity contribution in [3.8, 4) is 0 Å². The van der Waals surface area contributed by atoms with E-state index in [1.165, 1.54) is 0 Å². The van der Waals surface area contributed by atoms with Crippen molar-refractivity contribution in [1.29, 1.82) is 0 Å².